The van der Waals surface area contributed by atoms with Crippen molar-refractivity contribution in [3.05, 3.63) is 12.5 Å². The zero-order valence-corrected chi connectivity index (χ0v) is 11.9. The molecule has 0 spiro atoms. The van der Waals surface area contributed by atoms with Gasteiger partial charge in [-0.1, -0.05) is 13.8 Å². The number of nitrogens with zero attached hydrogens (tertiary/aromatic N) is 1. The molecular weight excluding hydrogens is 221 g/mol. The Labute approximate surface area is 104 Å². The van der Waals surface area contributed by atoms with Gasteiger partial charge in [-0.2, -0.15) is 0 Å². The maximum absolute atomic E-state index is 13.7. The van der Waals surface area contributed by atoms with Crippen LogP contribution in [0.5, 0.6) is 0 Å². The van der Waals surface area contributed by atoms with Crippen LogP contribution in [0.1, 0.15) is 41.5 Å². The van der Waals surface area contributed by atoms with E-state index in [-0.39, 0.29) is 18.2 Å². The minimum atomic E-state index is -1.51. The zero-order valence-electron chi connectivity index (χ0n) is 11.9. The van der Waals surface area contributed by atoms with Gasteiger partial charge in [0.2, 0.25) is 0 Å². The minimum absolute atomic E-state index is 0.152. The Hall–Kier alpha value is -0.770. The number of aliphatic hydroxyl groups excluding tert-OH is 1. The highest BCUT2D eigenvalue weighted by atomic mass is 19.1. The molecule has 0 bridgehead atoms. The first-order valence-electron chi connectivity index (χ1n) is 6.14. The summed E-state index contributed by atoms with van der Waals surface area (Å²) in [7, 11) is 0. The second-order valence-corrected chi connectivity index (χ2v) is 5.10. The molecule has 1 fully saturated rings. The van der Waals surface area contributed by atoms with Gasteiger partial charge in [0.15, 0.2) is 11.6 Å². The van der Waals surface area contributed by atoms with Gasteiger partial charge < -0.3 is 14.7 Å². The van der Waals surface area contributed by atoms with Crippen molar-refractivity contribution >= 4 is 0 Å². The predicted molar refractivity (Wildman–Crippen MR) is 68.4 cm³/mol. The van der Waals surface area contributed by atoms with Crippen LogP contribution < -0.4 is 0 Å². The fourth-order valence-corrected chi connectivity index (χ4v) is 1.62. The van der Waals surface area contributed by atoms with Crippen molar-refractivity contribution < 1.29 is 14.2 Å². The van der Waals surface area contributed by atoms with E-state index in [0.717, 1.165) is 0 Å². The third-order valence-electron chi connectivity index (χ3n) is 2.66. The van der Waals surface area contributed by atoms with Crippen LogP contribution >= 0.6 is 0 Å². The van der Waals surface area contributed by atoms with Gasteiger partial charge in [-0.15, -0.1) is 0 Å². The molecule has 1 saturated heterocycles. The van der Waals surface area contributed by atoms with Gasteiger partial charge in [-0.25, -0.2) is 4.39 Å². The molecule has 4 heteroatoms. The summed E-state index contributed by atoms with van der Waals surface area (Å²) in [6, 6.07) is -0.377. The molecule has 1 N–H and O–H groups in total. The monoisotopic (exact) mass is 247 g/mol. The van der Waals surface area contributed by atoms with Gasteiger partial charge in [0.1, 0.15) is 5.60 Å². The number of aliphatic hydroxyl groups is 1. The van der Waals surface area contributed by atoms with Crippen LogP contribution in [0, 0.1) is 0 Å². The van der Waals surface area contributed by atoms with Crippen molar-refractivity contribution in [1.82, 2.24) is 4.90 Å². The summed E-state index contributed by atoms with van der Waals surface area (Å²) in [4.78, 5) is 1.72. The Balaban J connectivity index is 0.00000121. The summed E-state index contributed by atoms with van der Waals surface area (Å²) in [6.07, 6.45) is 0. The molecule has 102 valence electrons. The van der Waals surface area contributed by atoms with Gasteiger partial charge in [0.25, 0.3) is 0 Å². The molecule has 1 aliphatic rings. The first-order valence-corrected chi connectivity index (χ1v) is 6.14. The Kier molecular flexibility index (Phi) is 5.46. The molecule has 1 aliphatic heterocycles. The molecule has 0 aromatic carbocycles. The Bertz CT molecular complexity index is 263. The highest BCUT2D eigenvalue weighted by Crippen LogP contribution is 2.36. The highest BCUT2D eigenvalue weighted by Gasteiger charge is 2.51. The van der Waals surface area contributed by atoms with E-state index in [2.05, 4.69) is 6.58 Å². The summed E-state index contributed by atoms with van der Waals surface area (Å²) in [5.74, 6) is 0.469. The average molecular weight is 247 g/mol. The van der Waals surface area contributed by atoms with Crippen molar-refractivity contribution in [2.24, 2.45) is 0 Å². The fraction of sp³-hybridized carbons (Fsp3) is 0.846. The van der Waals surface area contributed by atoms with Crippen molar-refractivity contribution in [2.45, 2.75) is 58.9 Å². The van der Waals surface area contributed by atoms with E-state index in [1.54, 1.807) is 11.8 Å². The van der Waals surface area contributed by atoms with Crippen LogP contribution in [-0.4, -0.2) is 40.5 Å². The summed E-state index contributed by atoms with van der Waals surface area (Å²) < 4.78 is 19.2. The molecule has 0 aromatic rings. The number of ether oxygens (including phenoxy) is 1. The van der Waals surface area contributed by atoms with E-state index >= 15 is 0 Å². The maximum Gasteiger partial charge on any atom is 0.182 e. The van der Waals surface area contributed by atoms with Crippen LogP contribution in [-0.2, 0) is 4.74 Å². The lowest BCUT2D eigenvalue weighted by molar-refractivity contribution is -0.136. The van der Waals surface area contributed by atoms with Crippen molar-refractivity contribution in [3.8, 4) is 0 Å². The molecular formula is C13H26FNO2. The van der Waals surface area contributed by atoms with Crippen molar-refractivity contribution in [3.63, 3.8) is 0 Å². The second kappa shape index (κ2) is 5.71. The number of hydrogen-bond donors (Lipinski definition) is 1. The third-order valence-corrected chi connectivity index (χ3v) is 2.66. The lowest BCUT2D eigenvalue weighted by Gasteiger charge is -2.52. The van der Waals surface area contributed by atoms with E-state index in [4.69, 9.17) is 9.84 Å². The molecule has 3 nitrogen and oxygen atoms in total. The summed E-state index contributed by atoms with van der Waals surface area (Å²) in [6.45, 7) is 14.9. The SMILES string of the molecule is C=C(OC(C)(C)C)N1CC(F)(CO)C1C.CC. The number of rotatable bonds is 3. The molecule has 2 unspecified atom stereocenters. The van der Waals surface area contributed by atoms with E-state index in [0.29, 0.717) is 5.88 Å². The lowest BCUT2D eigenvalue weighted by Crippen LogP contribution is -2.67. The molecule has 0 saturated carbocycles. The van der Waals surface area contributed by atoms with Crippen LogP contribution in [0.15, 0.2) is 12.5 Å². The smallest absolute Gasteiger partial charge is 0.182 e. The van der Waals surface area contributed by atoms with Gasteiger partial charge in [-0.05, 0) is 34.3 Å². The molecule has 0 aliphatic carbocycles. The first-order chi connectivity index (χ1) is 7.69. The van der Waals surface area contributed by atoms with Gasteiger partial charge in [0.05, 0.1) is 19.2 Å². The average Bonchev–Trinajstić information content (AvgIpc) is 2.25. The van der Waals surface area contributed by atoms with Crippen molar-refractivity contribution in [2.75, 3.05) is 13.2 Å². The summed E-state index contributed by atoms with van der Waals surface area (Å²) in [5, 5.41) is 8.88. The van der Waals surface area contributed by atoms with E-state index in [1.807, 2.05) is 34.6 Å². The molecule has 1 heterocycles. The third kappa shape index (κ3) is 3.87. The van der Waals surface area contributed by atoms with Crippen LogP contribution in [0.2, 0.25) is 0 Å². The largest absolute Gasteiger partial charge is 0.474 e. The van der Waals surface area contributed by atoms with Crippen LogP contribution in [0.4, 0.5) is 4.39 Å². The van der Waals surface area contributed by atoms with Gasteiger partial charge in [0, 0.05) is 0 Å². The molecule has 0 aromatic heterocycles. The highest BCUT2D eigenvalue weighted by molar-refractivity contribution is 5.10. The number of halogens is 1. The Morgan fingerprint density at radius 2 is 2.00 bits per heavy atom. The molecule has 0 amide bonds. The number of likely N-dealkylation sites (tertiary alicyclic amines) is 1. The summed E-state index contributed by atoms with van der Waals surface area (Å²) in [5.41, 5.74) is -1.84. The maximum atomic E-state index is 13.7. The molecule has 0 radical (unpaired) electrons. The zero-order chi connectivity index (χ0) is 13.9. The number of hydrogen-bond acceptors (Lipinski definition) is 3. The first kappa shape index (κ1) is 16.2. The fourth-order valence-electron chi connectivity index (χ4n) is 1.62. The second-order valence-electron chi connectivity index (χ2n) is 5.10. The van der Waals surface area contributed by atoms with E-state index < -0.39 is 12.3 Å². The summed E-state index contributed by atoms with van der Waals surface area (Å²) >= 11 is 0. The normalized spacial score (nSPS) is 27.8. The number of alkyl halides is 1. The van der Waals surface area contributed by atoms with Crippen molar-refractivity contribution in [1.29, 1.82) is 0 Å². The molecule has 2 atom stereocenters. The quantitative estimate of drug-likeness (QED) is 0.778. The van der Waals surface area contributed by atoms with E-state index in [9.17, 15) is 4.39 Å². The molecule has 17 heavy (non-hydrogen) atoms. The standard InChI is InChI=1S/C11H20FNO2.C2H6/c1-8-11(12,7-14)6-13(8)9(2)15-10(3,4)5;1-2/h8,14H,2,6-7H2,1,3-5H3;1-2H3. The van der Waals surface area contributed by atoms with Crippen LogP contribution in [0.3, 0.4) is 0 Å². The Morgan fingerprint density at radius 3 is 2.29 bits per heavy atom. The van der Waals surface area contributed by atoms with Gasteiger partial charge in [-0.3, -0.25) is 0 Å². The van der Waals surface area contributed by atoms with E-state index in [1.165, 1.54) is 0 Å². The molecule has 1 rings (SSSR count). The minimum Gasteiger partial charge on any atom is -0.474 e. The lowest BCUT2D eigenvalue weighted by atomic mass is 9.87. The van der Waals surface area contributed by atoms with Gasteiger partial charge >= 0.3 is 0 Å². The van der Waals surface area contributed by atoms with Crippen LogP contribution in [0.25, 0.3) is 0 Å². The Morgan fingerprint density at radius 1 is 1.53 bits per heavy atom. The topological polar surface area (TPSA) is 32.7 Å². The predicted octanol–water partition coefficient (Wildman–Crippen LogP) is 2.70.